The van der Waals surface area contributed by atoms with E-state index in [9.17, 15) is 17.6 Å². The molecule has 1 aromatic carbocycles. The lowest BCUT2D eigenvalue weighted by Crippen LogP contribution is -2.34. The molecule has 100 valence electrons. The first-order valence-electron chi connectivity index (χ1n) is 5.45. The quantitative estimate of drug-likeness (QED) is 0.793. The second-order valence-electron chi connectivity index (χ2n) is 3.58. The van der Waals surface area contributed by atoms with Crippen molar-refractivity contribution in [2.24, 2.45) is 0 Å². The molecule has 1 amide bonds. The van der Waals surface area contributed by atoms with E-state index in [1.165, 1.54) is 24.3 Å². The minimum absolute atomic E-state index is 0.00550. The van der Waals surface area contributed by atoms with Crippen molar-refractivity contribution < 1.29 is 17.6 Å². The van der Waals surface area contributed by atoms with Crippen LogP contribution >= 0.6 is 0 Å². The van der Waals surface area contributed by atoms with Crippen LogP contribution in [0.15, 0.2) is 24.3 Å². The van der Waals surface area contributed by atoms with E-state index in [2.05, 4.69) is 10.0 Å². The summed E-state index contributed by atoms with van der Waals surface area (Å²) in [6.07, 6.45) is 0. The van der Waals surface area contributed by atoms with Gasteiger partial charge in [0.2, 0.25) is 10.0 Å². The van der Waals surface area contributed by atoms with Crippen molar-refractivity contribution in [2.45, 2.75) is 6.92 Å². The lowest BCUT2D eigenvalue weighted by molar-refractivity contribution is 0.0956. The Labute approximate surface area is 105 Å². The molecular formula is C11H15FN2O3S. The molecule has 0 saturated heterocycles. The summed E-state index contributed by atoms with van der Waals surface area (Å²) in [6.45, 7) is 1.99. The van der Waals surface area contributed by atoms with Crippen LogP contribution in [-0.2, 0) is 10.0 Å². The summed E-state index contributed by atoms with van der Waals surface area (Å²) >= 11 is 0. The molecule has 5 nitrogen and oxygen atoms in total. The van der Waals surface area contributed by atoms with Gasteiger partial charge in [-0.15, -0.1) is 0 Å². The van der Waals surface area contributed by atoms with Gasteiger partial charge >= 0.3 is 0 Å². The van der Waals surface area contributed by atoms with Crippen molar-refractivity contribution in [2.75, 3.05) is 18.8 Å². The van der Waals surface area contributed by atoms with E-state index in [4.69, 9.17) is 0 Å². The van der Waals surface area contributed by atoms with Crippen molar-refractivity contribution in [1.29, 1.82) is 0 Å². The maximum absolute atomic E-state index is 12.6. The summed E-state index contributed by atoms with van der Waals surface area (Å²) in [5.41, 5.74) is 0.289. The number of hydrogen-bond donors (Lipinski definition) is 2. The molecule has 0 atom stereocenters. The van der Waals surface area contributed by atoms with E-state index < -0.39 is 21.7 Å². The smallest absolute Gasteiger partial charge is 0.251 e. The number of carbonyl (C=O) groups is 1. The number of sulfonamides is 1. The monoisotopic (exact) mass is 274 g/mol. The van der Waals surface area contributed by atoms with Gasteiger partial charge in [0.05, 0.1) is 5.75 Å². The van der Waals surface area contributed by atoms with Crippen LogP contribution in [0.5, 0.6) is 0 Å². The predicted molar refractivity (Wildman–Crippen MR) is 66.2 cm³/mol. The third kappa shape index (κ3) is 4.80. The van der Waals surface area contributed by atoms with E-state index in [1.807, 2.05) is 0 Å². The van der Waals surface area contributed by atoms with Crippen LogP contribution in [0.25, 0.3) is 0 Å². The Morgan fingerprint density at radius 2 is 1.89 bits per heavy atom. The molecule has 0 saturated carbocycles. The SMILES string of the molecule is CCNS(=O)(=O)CCNC(=O)c1ccc(F)cc1. The van der Waals surface area contributed by atoms with Crippen LogP contribution in [0.1, 0.15) is 17.3 Å². The molecule has 1 rings (SSSR count). The van der Waals surface area contributed by atoms with Gasteiger partial charge < -0.3 is 5.32 Å². The third-order valence-corrected chi connectivity index (χ3v) is 3.60. The van der Waals surface area contributed by atoms with Gasteiger partial charge in [-0.3, -0.25) is 4.79 Å². The first-order valence-corrected chi connectivity index (χ1v) is 7.11. The Morgan fingerprint density at radius 3 is 2.44 bits per heavy atom. The number of amides is 1. The molecule has 0 aliphatic rings. The van der Waals surface area contributed by atoms with Crippen molar-refractivity contribution in [3.8, 4) is 0 Å². The van der Waals surface area contributed by atoms with Gasteiger partial charge in [0.15, 0.2) is 0 Å². The van der Waals surface area contributed by atoms with Crippen LogP contribution < -0.4 is 10.0 Å². The summed E-state index contributed by atoms with van der Waals surface area (Å²) in [5, 5.41) is 2.45. The molecule has 0 fully saturated rings. The minimum Gasteiger partial charge on any atom is -0.351 e. The third-order valence-electron chi connectivity index (χ3n) is 2.13. The standard InChI is InChI=1S/C11H15FN2O3S/c1-2-14-18(16,17)8-7-13-11(15)9-3-5-10(12)6-4-9/h3-6,14H,2,7-8H2,1H3,(H,13,15). The Balaban J connectivity index is 2.45. The predicted octanol–water partition coefficient (Wildman–Crippen LogP) is 0.495. The molecule has 0 radical (unpaired) electrons. The minimum atomic E-state index is -3.34. The second kappa shape index (κ2) is 6.46. The molecule has 0 heterocycles. The van der Waals surface area contributed by atoms with E-state index in [0.29, 0.717) is 6.54 Å². The highest BCUT2D eigenvalue weighted by molar-refractivity contribution is 7.89. The van der Waals surface area contributed by atoms with Crippen LogP contribution in [0.3, 0.4) is 0 Å². The number of hydrogen-bond acceptors (Lipinski definition) is 3. The van der Waals surface area contributed by atoms with E-state index in [-0.39, 0.29) is 17.9 Å². The molecule has 0 aliphatic carbocycles. The van der Waals surface area contributed by atoms with Crippen LogP contribution in [-0.4, -0.2) is 33.2 Å². The normalized spacial score (nSPS) is 11.2. The average Bonchev–Trinajstić information content (AvgIpc) is 2.29. The molecule has 0 unspecified atom stereocenters. The second-order valence-corrected chi connectivity index (χ2v) is 5.51. The molecule has 2 N–H and O–H groups in total. The summed E-state index contributed by atoms with van der Waals surface area (Å²) in [6, 6.07) is 5.02. The van der Waals surface area contributed by atoms with Gasteiger partial charge in [-0.05, 0) is 24.3 Å². The van der Waals surface area contributed by atoms with Gasteiger partial charge in [0.1, 0.15) is 5.82 Å². The molecule has 0 bridgehead atoms. The number of nitrogens with one attached hydrogen (secondary N) is 2. The summed E-state index contributed by atoms with van der Waals surface area (Å²) in [4.78, 5) is 11.6. The maximum Gasteiger partial charge on any atom is 0.251 e. The summed E-state index contributed by atoms with van der Waals surface area (Å²) < 4.78 is 37.5. The summed E-state index contributed by atoms with van der Waals surface area (Å²) in [7, 11) is -3.34. The zero-order chi connectivity index (χ0) is 13.6. The molecule has 7 heteroatoms. The van der Waals surface area contributed by atoms with Gasteiger partial charge in [-0.25, -0.2) is 17.5 Å². The Bertz CT molecular complexity index is 500. The molecule has 0 spiro atoms. The molecule has 1 aromatic rings. The van der Waals surface area contributed by atoms with Crippen molar-refractivity contribution in [3.05, 3.63) is 35.6 Å². The summed E-state index contributed by atoms with van der Waals surface area (Å²) in [5.74, 6) is -1.05. The van der Waals surface area contributed by atoms with Crippen molar-refractivity contribution >= 4 is 15.9 Å². The highest BCUT2D eigenvalue weighted by atomic mass is 32.2. The molecule has 0 aliphatic heterocycles. The number of halogens is 1. The maximum atomic E-state index is 12.6. The Hall–Kier alpha value is -1.47. The number of carbonyl (C=O) groups excluding carboxylic acids is 1. The Morgan fingerprint density at radius 1 is 1.28 bits per heavy atom. The molecule has 18 heavy (non-hydrogen) atoms. The zero-order valence-electron chi connectivity index (χ0n) is 9.94. The van der Waals surface area contributed by atoms with E-state index in [1.54, 1.807) is 6.92 Å². The number of benzene rings is 1. The fourth-order valence-corrected chi connectivity index (χ4v) is 2.25. The van der Waals surface area contributed by atoms with Gasteiger partial charge in [0.25, 0.3) is 5.91 Å². The number of rotatable bonds is 6. The van der Waals surface area contributed by atoms with E-state index in [0.717, 1.165) is 0 Å². The Kier molecular flexibility index (Phi) is 5.24. The molecule has 0 aromatic heterocycles. The van der Waals surface area contributed by atoms with Crippen LogP contribution in [0.4, 0.5) is 4.39 Å². The highest BCUT2D eigenvalue weighted by Gasteiger charge is 2.10. The van der Waals surface area contributed by atoms with Gasteiger partial charge in [-0.2, -0.15) is 0 Å². The first kappa shape index (κ1) is 14.6. The van der Waals surface area contributed by atoms with Gasteiger partial charge in [0, 0.05) is 18.7 Å². The average molecular weight is 274 g/mol. The topological polar surface area (TPSA) is 75.3 Å². The lowest BCUT2D eigenvalue weighted by atomic mass is 10.2. The highest BCUT2D eigenvalue weighted by Crippen LogP contribution is 2.02. The zero-order valence-corrected chi connectivity index (χ0v) is 10.8. The lowest BCUT2D eigenvalue weighted by Gasteiger charge is -2.06. The first-order chi connectivity index (χ1) is 8.44. The van der Waals surface area contributed by atoms with E-state index >= 15 is 0 Å². The molecular weight excluding hydrogens is 259 g/mol. The van der Waals surface area contributed by atoms with Gasteiger partial charge in [-0.1, -0.05) is 6.92 Å². The fraction of sp³-hybridized carbons (Fsp3) is 0.364. The largest absolute Gasteiger partial charge is 0.351 e. The van der Waals surface area contributed by atoms with Crippen molar-refractivity contribution in [3.63, 3.8) is 0 Å². The van der Waals surface area contributed by atoms with Crippen LogP contribution in [0.2, 0.25) is 0 Å². The fourth-order valence-electron chi connectivity index (χ4n) is 1.29. The van der Waals surface area contributed by atoms with Crippen molar-refractivity contribution in [1.82, 2.24) is 10.0 Å². The van der Waals surface area contributed by atoms with Crippen LogP contribution in [0, 0.1) is 5.82 Å².